The van der Waals surface area contributed by atoms with Crippen LogP contribution in [0.2, 0.25) is 0 Å². The lowest BCUT2D eigenvalue weighted by Crippen LogP contribution is -2.36. The fraction of sp³-hybridized carbons (Fsp3) is 0.588. The van der Waals surface area contributed by atoms with Crippen LogP contribution in [0.15, 0.2) is 24.3 Å². The largest absolute Gasteiger partial charge is 0.465 e. The minimum atomic E-state index is -0.371. The molecule has 4 heteroatoms. The van der Waals surface area contributed by atoms with E-state index in [1.165, 1.54) is 12.8 Å². The first-order valence-electron chi connectivity index (χ1n) is 7.75. The van der Waals surface area contributed by atoms with Crippen molar-refractivity contribution >= 4 is 5.97 Å². The van der Waals surface area contributed by atoms with Crippen LogP contribution in [0.4, 0.5) is 0 Å². The van der Waals surface area contributed by atoms with E-state index in [0.29, 0.717) is 19.3 Å². The number of carbonyl (C=O) groups is 1. The summed E-state index contributed by atoms with van der Waals surface area (Å²) >= 11 is 0. The maximum atomic E-state index is 12.2. The van der Waals surface area contributed by atoms with Crippen molar-refractivity contribution < 1.29 is 14.3 Å². The number of carbonyl (C=O) groups excluding carboxylic acids is 1. The smallest absolute Gasteiger partial charge is 0.327 e. The predicted molar refractivity (Wildman–Crippen MR) is 81.9 cm³/mol. The first-order chi connectivity index (χ1) is 10.2. The molecule has 0 aromatic heterocycles. The number of benzene rings is 1. The van der Waals surface area contributed by atoms with Gasteiger partial charge >= 0.3 is 5.97 Å². The summed E-state index contributed by atoms with van der Waals surface area (Å²) in [5, 5.41) is 3.46. The van der Waals surface area contributed by atoms with Gasteiger partial charge in [0.2, 0.25) is 0 Å². The van der Waals surface area contributed by atoms with E-state index >= 15 is 0 Å². The molecule has 1 N–H and O–H groups in total. The van der Waals surface area contributed by atoms with Gasteiger partial charge in [0, 0.05) is 13.2 Å². The molecular formula is C17H25NO3. The molecule has 0 radical (unpaired) electrons. The summed E-state index contributed by atoms with van der Waals surface area (Å²) in [6, 6.07) is 8.01. The molecule has 116 valence electrons. The molecule has 0 saturated heterocycles. The van der Waals surface area contributed by atoms with E-state index in [1.54, 1.807) is 7.11 Å². The molecule has 1 saturated carbocycles. The molecule has 1 aliphatic rings. The molecule has 0 spiro atoms. The quantitative estimate of drug-likeness (QED) is 0.785. The third-order valence-corrected chi connectivity index (χ3v) is 3.90. The summed E-state index contributed by atoms with van der Waals surface area (Å²) in [7, 11) is 1.68. The standard InChI is InChI=1S/C17H25NO3/c1-3-21-17(19)16(18-15-6-4-5-7-15)14-10-8-13(9-11-14)12-20-2/h8-11,15-16,18H,3-7,12H2,1-2H3. The highest BCUT2D eigenvalue weighted by Crippen LogP contribution is 2.23. The van der Waals surface area contributed by atoms with E-state index in [2.05, 4.69) is 5.32 Å². The number of esters is 1. The van der Waals surface area contributed by atoms with E-state index in [-0.39, 0.29) is 12.0 Å². The second-order valence-electron chi connectivity index (χ2n) is 5.51. The first kappa shape index (κ1) is 16.0. The maximum Gasteiger partial charge on any atom is 0.327 e. The van der Waals surface area contributed by atoms with Gasteiger partial charge in [0.15, 0.2) is 0 Å². The van der Waals surface area contributed by atoms with Gasteiger partial charge in [-0.05, 0) is 30.9 Å². The molecular weight excluding hydrogens is 266 g/mol. The van der Waals surface area contributed by atoms with Crippen LogP contribution in [0, 0.1) is 0 Å². The van der Waals surface area contributed by atoms with E-state index in [1.807, 2.05) is 31.2 Å². The van der Waals surface area contributed by atoms with E-state index in [4.69, 9.17) is 9.47 Å². The van der Waals surface area contributed by atoms with Crippen molar-refractivity contribution in [2.75, 3.05) is 13.7 Å². The van der Waals surface area contributed by atoms with Crippen LogP contribution in [0.25, 0.3) is 0 Å². The highest BCUT2D eigenvalue weighted by Gasteiger charge is 2.26. The van der Waals surface area contributed by atoms with Gasteiger partial charge in [0.05, 0.1) is 13.2 Å². The Morgan fingerprint density at radius 1 is 1.29 bits per heavy atom. The summed E-state index contributed by atoms with van der Waals surface area (Å²) in [5.41, 5.74) is 2.06. The van der Waals surface area contributed by atoms with E-state index in [9.17, 15) is 4.79 Å². The van der Waals surface area contributed by atoms with Crippen molar-refractivity contribution in [3.8, 4) is 0 Å². The Labute approximate surface area is 126 Å². The van der Waals surface area contributed by atoms with Crippen LogP contribution in [-0.2, 0) is 20.9 Å². The minimum absolute atomic E-state index is 0.191. The molecule has 0 heterocycles. The second-order valence-corrected chi connectivity index (χ2v) is 5.51. The third-order valence-electron chi connectivity index (χ3n) is 3.90. The van der Waals surface area contributed by atoms with Gasteiger partial charge < -0.3 is 9.47 Å². The van der Waals surface area contributed by atoms with Crippen molar-refractivity contribution in [3.63, 3.8) is 0 Å². The Kier molecular flexibility index (Phi) is 6.21. The Hall–Kier alpha value is -1.39. The average Bonchev–Trinajstić information content (AvgIpc) is 2.99. The molecule has 0 bridgehead atoms. The van der Waals surface area contributed by atoms with Crippen LogP contribution < -0.4 is 5.32 Å². The number of hydrogen-bond donors (Lipinski definition) is 1. The van der Waals surface area contributed by atoms with Crippen molar-refractivity contribution in [1.82, 2.24) is 5.32 Å². The predicted octanol–water partition coefficient (Wildman–Crippen LogP) is 2.97. The van der Waals surface area contributed by atoms with E-state index < -0.39 is 0 Å². The fourth-order valence-corrected chi connectivity index (χ4v) is 2.83. The van der Waals surface area contributed by atoms with Gasteiger partial charge in [0.25, 0.3) is 0 Å². The zero-order valence-corrected chi connectivity index (χ0v) is 12.9. The second kappa shape index (κ2) is 8.15. The van der Waals surface area contributed by atoms with Crippen LogP contribution in [0.3, 0.4) is 0 Å². The van der Waals surface area contributed by atoms with Crippen molar-refractivity contribution in [1.29, 1.82) is 0 Å². The molecule has 1 aromatic carbocycles. The summed E-state index contributed by atoms with van der Waals surface area (Å²) in [5.74, 6) is -0.191. The van der Waals surface area contributed by atoms with Gasteiger partial charge in [-0.2, -0.15) is 0 Å². The molecule has 1 unspecified atom stereocenters. The Morgan fingerprint density at radius 3 is 2.52 bits per heavy atom. The zero-order chi connectivity index (χ0) is 15.1. The Bertz CT molecular complexity index is 438. The zero-order valence-electron chi connectivity index (χ0n) is 12.9. The molecule has 4 nitrogen and oxygen atoms in total. The SMILES string of the molecule is CCOC(=O)C(NC1CCCC1)c1ccc(COC)cc1. The maximum absolute atomic E-state index is 12.2. The summed E-state index contributed by atoms with van der Waals surface area (Å²) in [6.45, 7) is 2.83. The lowest BCUT2D eigenvalue weighted by Gasteiger charge is -2.22. The summed E-state index contributed by atoms with van der Waals surface area (Å²) in [6.07, 6.45) is 4.75. The van der Waals surface area contributed by atoms with Crippen LogP contribution in [0.5, 0.6) is 0 Å². The van der Waals surface area contributed by atoms with Crippen LogP contribution in [-0.4, -0.2) is 25.7 Å². The normalized spacial score (nSPS) is 16.9. The lowest BCUT2D eigenvalue weighted by atomic mass is 10.0. The monoisotopic (exact) mass is 291 g/mol. The number of methoxy groups -OCH3 is 1. The number of nitrogens with one attached hydrogen (secondary N) is 1. The highest BCUT2D eigenvalue weighted by atomic mass is 16.5. The van der Waals surface area contributed by atoms with Gasteiger partial charge in [0.1, 0.15) is 6.04 Å². The van der Waals surface area contributed by atoms with Gasteiger partial charge in [-0.1, -0.05) is 37.1 Å². The first-order valence-corrected chi connectivity index (χ1v) is 7.75. The lowest BCUT2D eigenvalue weighted by molar-refractivity contribution is -0.146. The van der Waals surface area contributed by atoms with Crippen LogP contribution >= 0.6 is 0 Å². The highest BCUT2D eigenvalue weighted by molar-refractivity contribution is 5.77. The van der Waals surface area contributed by atoms with Crippen LogP contribution in [0.1, 0.15) is 49.8 Å². The molecule has 21 heavy (non-hydrogen) atoms. The number of hydrogen-bond acceptors (Lipinski definition) is 4. The summed E-state index contributed by atoms with van der Waals surface area (Å²) in [4.78, 5) is 12.2. The number of ether oxygens (including phenoxy) is 2. The molecule has 1 fully saturated rings. The Balaban J connectivity index is 2.10. The molecule has 0 amide bonds. The molecule has 1 aromatic rings. The van der Waals surface area contributed by atoms with Crippen molar-refractivity contribution in [2.24, 2.45) is 0 Å². The van der Waals surface area contributed by atoms with Crippen molar-refractivity contribution in [2.45, 2.75) is 51.3 Å². The fourth-order valence-electron chi connectivity index (χ4n) is 2.83. The topological polar surface area (TPSA) is 47.6 Å². The van der Waals surface area contributed by atoms with Gasteiger partial charge in [-0.3, -0.25) is 5.32 Å². The van der Waals surface area contributed by atoms with Gasteiger partial charge in [-0.15, -0.1) is 0 Å². The summed E-state index contributed by atoms with van der Waals surface area (Å²) < 4.78 is 10.3. The molecule has 2 rings (SSSR count). The minimum Gasteiger partial charge on any atom is -0.465 e. The Morgan fingerprint density at radius 2 is 1.95 bits per heavy atom. The molecule has 0 aliphatic heterocycles. The van der Waals surface area contributed by atoms with Gasteiger partial charge in [-0.25, -0.2) is 4.79 Å². The number of rotatable bonds is 7. The van der Waals surface area contributed by atoms with E-state index in [0.717, 1.165) is 24.0 Å². The molecule has 1 atom stereocenters. The third kappa shape index (κ3) is 4.55. The average molecular weight is 291 g/mol. The van der Waals surface area contributed by atoms with Crippen molar-refractivity contribution in [3.05, 3.63) is 35.4 Å². The molecule has 1 aliphatic carbocycles.